The monoisotopic (exact) mass is 360 g/mol. The maximum atomic E-state index is 12.6. The molecule has 1 fully saturated rings. The molecule has 1 aliphatic heterocycles. The minimum absolute atomic E-state index is 0.106. The molecule has 0 spiro atoms. The summed E-state index contributed by atoms with van der Waals surface area (Å²) in [4.78, 5) is 14.3. The standard InChI is InChI=1S/C18H20N2O4S/c1-13-3-5-14(6-4-13)20-12-11-17(18(20)21)19-25(22,23)16-9-7-15(24-2)8-10-16/h3-10,17,19H,11-12H2,1-2H3. The number of carbonyl (C=O) groups is 1. The van der Waals surface area contributed by atoms with E-state index in [1.54, 1.807) is 17.0 Å². The van der Waals surface area contributed by atoms with E-state index in [0.717, 1.165) is 11.3 Å². The summed E-state index contributed by atoms with van der Waals surface area (Å²) in [5.74, 6) is 0.336. The number of aryl methyl sites for hydroxylation is 1. The molecule has 1 unspecified atom stereocenters. The molecule has 0 bridgehead atoms. The Labute approximate surface area is 147 Å². The normalized spacial score (nSPS) is 17.8. The van der Waals surface area contributed by atoms with Gasteiger partial charge in [-0.05, 0) is 49.7 Å². The zero-order valence-corrected chi connectivity index (χ0v) is 14.9. The van der Waals surface area contributed by atoms with Gasteiger partial charge in [0.05, 0.1) is 12.0 Å². The highest BCUT2D eigenvalue weighted by atomic mass is 32.2. The topological polar surface area (TPSA) is 75.7 Å². The zero-order chi connectivity index (χ0) is 18.0. The van der Waals surface area contributed by atoms with Crippen LogP contribution in [-0.4, -0.2) is 34.0 Å². The zero-order valence-electron chi connectivity index (χ0n) is 14.1. The number of benzene rings is 2. The average molecular weight is 360 g/mol. The van der Waals surface area contributed by atoms with Crippen molar-refractivity contribution >= 4 is 21.6 Å². The van der Waals surface area contributed by atoms with E-state index in [1.807, 2.05) is 31.2 Å². The van der Waals surface area contributed by atoms with Crippen LogP contribution >= 0.6 is 0 Å². The summed E-state index contributed by atoms with van der Waals surface area (Å²) < 4.78 is 32.5. The first-order valence-corrected chi connectivity index (χ1v) is 9.43. The number of nitrogens with zero attached hydrogens (tertiary/aromatic N) is 1. The van der Waals surface area contributed by atoms with E-state index in [-0.39, 0.29) is 10.8 Å². The van der Waals surface area contributed by atoms with Gasteiger partial charge in [0.15, 0.2) is 0 Å². The SMILES string of the molecule is COc1ccc(S(=O)(=O)NC2CCN(c3ccc(C)cc3)C2=O)cc1. The number of rotatable bonds is 5. The second kappa shape index (κ2) is 6.85. The first-order chi connectivity index (χ1) is 11.9. The first-order valence-electron chi connectivity index (χ1n) is 7.95. The molecule has 0 aliphatic carbocycles. The average Bonchev–Trinajstić information content (AvgIpc) is 2.96. The summed E-state index contributed by atoms with van der Waals surface area (Å²) in [6.07, 6.45) is 0.433. The highest BCUT2D eigenvalue weighted by molar-refractivity contribution is 7.89. The van der Waals surface area contributed by atoms with Crippen molar-refractivity contribution < 1.29 is 17.9 Å². The molecule has 3 rings (SSSR count). The summed E-state index contributed by atoms with van der Waals surface area (Å²) in [7, 11) is -2.25. The lowest BCUT2D eigenvalue weighted by Crippen LogP contribution is -2.41. The van der Waals surface area contributed by atoms with E-state index in [1.165, 1.54) is 19.2 Å². The first kappa shape index (κ1) is 17.4. The van der Waals surface area contributed by atoms with Gasteiger partial charge in [-0.3, -0.25) is 4.79 Å². The van der Waals surface area contributed by atoms with E-state index in [0.29, 0.717) is 18.7 Å². The van der Waals surface area contributed by atoms with Crippen LogP contribution in [0.4, 0.5) is 5.69 Å². The number of hydrogen-bond donors (Lipinski definition) is 1. The number of methoxy groups -OCH3 is 1. The minimum atomic E-state index is -3.77. The fourth-order valence-electron chi connectivity index (χ4n) is 2.78. The lowest BCUT2D eigenvalue weighted by Gasteiger charge is -2.17. The maximum Gasteiger partial charge on any atom is 0.245 e. The Balaban J connectivity index is 1.74. The largest absolute Gasteiger partial charge is 0.497 e. The van der Waals surface area contributed by atoms with Crippen LogP contribution in [0.2, 0.25) is 0 Å². The molecule has 1 atom stereocenters. The van der Waals surface area contributed by atoms with Crippen LogP contribution in [0.25, 0.3) is 0 Å². The van der Waals surface area contributed by atoms with E-state index in [2.05, 4.69) is 4.72 Å². The lowest BCUT2D eigenvalue weighted by atomic mass is 10.2. The Morgan fingerprint density at radius 2 is 1.72 bits per heavy atom. The number of anilines is 1. The Morgan fingerprint density at radius 3 is 2.32 bits per heavy atom. The Bertz CT molecular complexity index is 861. The third-order valence-electron chi connectivity index (χ3n) is 4.22. The van der Waals surface area contributed by atoms with Gasteiger partial charge in [0, 0.05) is 12.2 Å². The van der Waals surface area contributed by atoms with Gasteiger partial charge in [0.25, 0.3) is 0 Å². The van der Waals surface area contributed by atoms with Crippen molar-refractivity contribution in [3.8, 4) is 5.75 Å². The van der Waals surface area contributed by atoms with Crippen molar-refractivity contribution in [2.24, 2.45) is 0 Å². The van der Waals surface area contributed by atoms with Crippen molar-refractivity contribution in [2.75, 3.05) is 18.6 Å². The predicted octanol–water partition coefficient (Wildman–Crippen LogP) is 2.09. The van der Waals surface area contributed by atoms with Crippen molar-refractivity contribution in [3.05, 3.63) is 54.1 Å². The van der Waals surface area contributed by atoms with E-state index >= 15 is 0 Å². The van der Waals surface area contributed by atoms with Crippen molar-refractivity contribution in [1.82, 2.24) is 4.72 Å². The van der Waals surface area contributed by atoms with Gasteiger partial charge in [-0.1, -0.05) is 17.7 Å². The van der Waals surface area contributed by atoms with E-state index in [4.69, 9.17) is 4.74 Å². The fourth-order valence-corrected chi connectivity index (χ4v) is 4.00. The highest BCUT2D eigenvalue weighted by Gasteiger charge is 2.35. The van der Waals surface area contributed by atoms with Gasteiger partial charge in [0.1, 0.15) is 11.8 Å². The molecule has 1 saturated heterocycles. The van der Waals surface area contributed by atoms with Gasteiger partial charge in [-0.15, -0.1) is 0 Å². The molecule has 2 aromatic rings. The van der Waals surface area contributed by atoms with Gasteiger partial charge in [-0.25, -0.2) is 8.42 Å². The van der Waals surface area contributed by atoms with Crippen LogP contribution in [0, 0.1) is 6.92 Å². The van der Waals surface area contributed by atoms with Crippen LogP contribution < -0.4 is 14.4 Å². The molecule has 7 heteroatoms. The molecule has 132 valence electrons. The molecule has 1 heterocycles. The molecule has 0 saturated carbocycles. The molecular weight excluding hydrogens is 340 g/mol. The quantitative estimate of drug-likeness (QED) is 0.886. The Hall–Kier alpha value is -2.38. The number of carbonyl (C=O) groups excluding carboxylic acids is 1. The fraction of sp³-hybridized carbons (Fsp3) is 0.278. The van der Waals surface area contributed by atoms with Crippen molar-refractivity contribution in [1.29, 1.82) is 0 Å². The second-order valence-corrected chi connectivity index (χ2v) is 7.68. The van der Waals surface area contributed by atoms with Gasteiger partial charge in [-0.2, -0.15) is 4.72 Å². The van der Waals surface area contributed by atoms with Gasteiger partial charge < -0.3 is 9.64 Å². The number of ether oxygens (including phenoxy) is 1. The summed E-state index contributed by atoms with van der Waals surface area (Å²) in [6, 6.07) is 12.9. The highest BCUT2D eigenvalue weighted by Crippen LogP contribution is 2.23. The van der Waals surface area contributed by atoms with Crippen LogP contribution in [0.15, 0.2) is 53.4 Å². The second-order valence-electron chi connectivity index (χ2n) is 5.96. The number of hydrogen-bond acceptors (Lipinski definition) is 4. The van der Waals surface area contributed by atoms with Crippen molar-refractivity contribution in [2.45, 2.75) is 24.3 Å². The summed E-state index contributed by atoms with van der Waals surface area (Å²) in [6.45, 7) is 2.46. The Morgan fingerprint density at radius 1 is 1.08 bits per heavy atom. The molecule has 25 heavy (non-hydrogen) atoms. The number of sulfonamides is 1. The molecule has 1 N–H and O–H groups in total. The predicted molar refractivity (Wildman–Crippen MR) is 95.3 cm³/mol. The Kier molecular flexibility index (Phi) is 4.78. The lowest BCUT2D eigenvalue weighted by molar-refractivity contribution is -0.118. The van der Waals surface area contributed by atoms with Crippen LogP contribution in [0.3, 0.4) is 0 Å². The molecule has 0 aromatic heterocycles. The van der Waals surface area contributed by atoms with Crippen LogP contribution in [0.1, 0.15) is 12.0 Å². The van der Waals surface area contributed by atoms with Crippen molar-refractivity contribution in [3.63, 3.8) is 0 Å². The summed E-state index contributed by atoms with van der Waals surface area (Å²) in [5.41, 5.74) is 1.88. The van der Waals surface area contributed by atoms with E-state index < -0.39 is 16.1 Å². The number of nitrogens with one attached hydrogen (secondary N) is 1. The minimum Gasteiger partial charge on any atom is -0.497 e. The smallest absolute Gasteiger partial charge is 0.245 e. The molecule has 6 nitrogen and oxygen atoms in total. The summed E-state index contributed by atoms with van der Waals surface area (Å²) >= 11 is 0. The van der Waals surface area contributed by atoms with Crippen LogP contribution in [0.5, 0.6) is 5.75 Å². The maximum absolute atomic E-state index is 12.6. The van der Waals surface area contributed by atoms with E-state index in [9.17, 15) is 13.2 Å². The molecule has 1 aliphatic rings. The number of amides is 1. The molecule has 2 aromatic carbocycles. The molecule has 0 radical (unpaired) electrons. The third kappa shape index (κ3) is 3.67. The van der Waals surface area contributed by atoms with Gasteiger partial charge >= 0.3 is 0 Å². The molecular formula is C18H20N2O4S. The van der Waals surface area contributed by atoms with Gasteiger partial charge in [0.2, 0.25) is 15.9 Å². The molecule has 1 amide bonds. The summed E-state index contributed by atoms with van der Waals surface area (Å²) in [5, 5.41) is 0. The van der Waals surface area contributed by atoms with Crippen LogP contribution in [-0.2, 0) is 14.8 Å². The third-order valence-corrected chi connectivity index (χ3v) is 5.71.